The van der Waals surface area contributed by atoms with E-state index in [4.69, 9.17) is 0 Å². The molecule has 4 nitrogen and oxygen atoms in total. The number of rotatable bonds is 7. The van der Waals surface area contributed by atoms with E-state index in [-0.39, 0.29) is 11.6 Å². The van der Waals surface area contributed by atoms with Crippen molar-refractivity contribution in [1.29, 1.82) is 0 Å². The topological polar surface area (TPSA) is 59.1 Å². The van der Waals surface area contributed by atoms with Crippen LogP contribution in [-0.2, 0) is 28.6 Å². The third-order valence-electron chi connectivity index (χ3n) is 3.72. The zero-order chi connectivity index (χ0) is 18.4. The van der Waals surface area contributed by atoms with Gasteiger partial charge >= 0.3 is 0 Å². The number of carbonyl (C=O) groups is 1. The number of carbonyl (C=O) groups excluding carboxylic acids is 1. The molecule has 0 amide bonds. The summed E-state index contributed by atoms with van der Waals surface area (Å²) in [5, 5.41) is 0. The first-order chi connectivity index (χ1) is 12.6. The van der Waals surface area contributed by atoms with Crippen molar-refractivity contribution in [2.75, 3.05) is 4.72 Å². The fraction of sp³-hybridized carbons (Fsp3) is 0.100. The molecule has 132 valence electrons. The fourth-order valence-corrected chi connectivity index (χ4v) is 3.29. The number of ketones is 1. The van der Waals surface area contributed by atoms with Crippen LogP contribution in [0.5, 0.6) is 0 Å². The van der Waals surface area contributed by atoms with E-state index in [0.29, 0.717) is 23.4 Å². The molecule has 0 radical (unpaired) electrons. The SMILES string of the molecule is O=C(Cc1ccc(NS(=O)c2ccc(F)cc2)cc1)Cc1cccnc1. The van der Waals surface area contributed by atoms with Gasteiger partial charge in [-0.15, -0.1) is 0 Å². The van der Waals surface area contributed by atoms with Crippen molar-refractivity contribution in [2.24, 2.45) is 0 Å². The first-order valence-corrected chi connectivity index (χ1v) is 9.19. The molecule has 1 aromatic heterocycles. The molecule has 1 unspecified atom stereocenters. The van der Waals surface area contributed by atoms with Crippen molar-refractivity contribution >= 4 is 22.5 Å². The van der Waals surface area contributed by atoms with E-state index >= 15 is 0 Å². The Morgan fingerprint density at radius 1 is 0.962 bits per heavy atom. The van der Waals surface area contributed by atoms with Gasteiger partial charge in [-0.05, 0) is 53.6 Å². The van der Waals surface area contributed by atoms with Gasteiger partial charge in [-0.1, -0.05) is 18.2 Å². The molecule has 0 spiro atoms. The van der Waals surface area contributed by atoms with Gasteiger partial charge in [0, 0.05) is 30.9 Å². The number of nitrogens with zero attached hydrogens (tertiary/aromatic N) is 1. The first-order valence-electron chi connectivity index (χ1n) is 8.04. The van der Waals surface area contributed by atoms with Crippen LogP contribution >= 0.6 is 0 Å². The second-order valence-electron chi connectivity index (χ2n) is 5.78. The van der Waals surface area contributed by atoms with Gasteiger partial charge in [-0.2, -0.15) is 0 Å². The predicted octanol–water partition coefficient (Wildman–Crippen LogP) is 3.71. The average molecular weight is 368 g/mol. The second kappa shape index (κ2) is 8.49. The van der Waals surface area contributed by atoms with Crippen molar-refractivity contribution in [1.82, 2.24) is 4.98 Å². The van der Waals surface area contributed by atoms with Crippen molar-refractivity contribution in [3.05, 3.63) is 90.0 Å². The number of hydrogen-bond donors (Lipinski definition) is 1. The summed E-state index contributed by atoms with van der Waals surface area (Å²) in [6.07, 6.45) is 4.05. The van der Waals surface area contributed by atoms with E-state index < -0.39 is 11.0 Å². The molecule has 26 heavy (non-hydrogen) atoms. The van der Waals surface area contributed by atoms with Crippen LogP contribution in [0.15, 0.2) is 78.0 Å². The number of hydrogen-bond acceptors (Lipinski definition) is 3. The van der Waals surface area contributed by atoms with E-state index in [0.717, 1.165) is 11.1 Å². The smallest absolute Gasteiger partial charge is 0.150 e. The Balaban J connectivity index is 1.57. The summed E-state index contributed by atoms with van der Waals surface area (Å²) in [6.45, 7) is 0. The van der Waals surface area contributed by atoms with Gasteiger partial charge in [-0.25, -0.2) is 8.60 Å². The number of halogens is 1. The molecule has 0 saturated carbocycles. The molecule has 1 N–H and O–H groups in total. The lowest BCUT2D eigenvalue weighted by molar-refractivity contribution is -0.117. The lowest BCUT2D eigenvalue weighted by Gasteiger charge is -2.07. The van der Waals surface area contributed by atoms with Crippen molar-refractivity contribution in [3.8, 4) is 0 Å². The lowest BCUT2D eigenvalue weighted by Crippen LogP contribution is -2.07. The van der Waals surface area contributed by atoms with Gasteiger partial charge in [0.2, 0.25) is 0 Å². The Morgan fingerprint density at radius 2 is 1.65 bits per heavy atom. The van der Waals surface area contributed by atoms with Crippen LogP contribution in [0.2, 0.25) is 0 Å². The summed E-state index contributed by atoms with van der Waals surface area (Å²) < 4.78 is 28.0. The molecule has 0 fully saturated rings. The number of Topliss-reactive ketones (excluding diaryl/α,β-unsaturated/α-hetero) is 1. The van der Waals surface area contributed by atoms with Gasteiger partial charge in [0.15, 0.2) is 0 Å². The maximum atomic E-state index is 12.9. The summed E-state index contributed by atoms with van der Waals surface area (Å²) in [5.41, 5.74) is 2.44. The fourth-order valence-electron chi connectivity index (χ4n) is 2.44. The summed E-state index contributed by atoms with van der Waals surface area (Å²) in [7, 11) is -1.48. The highest BCUT2D eigenvalue weighted by atomic mass is 32.2. The number of pyridine rings is 1. The maximum Gasteiger partial charge on any atom is 0.150 e. The quantitative estimate of drug-likeness (QED) is 0.692. The Labute approximate surface area is 153 Å². The molecule has 3 rings (SSSR count). The largest absolute Gasteiger partial charge is 0.301 e. The number of nitrogens with one attached hydrogen (secondary N) is 1. The normalized spacial score (nSPS) is 11.7. The zero-order valence-corrected chi connectivity index (χ0v) is 14.7. The average Bonchev–Trinajstić information content (AvgIpc) is 2.64. The number of benzene rings is 2. The van der Waals surface area contributed by atoms with Gasteiger partial charge in [0.1, 0.15) is 22.6 Å². The van der Waals surface area contributed by atoms with E-state index in [1.54, 1.807) is 24.5 Å². The Hall–Kier alpha value is -2.86. The monoisotopic (exact) mass is 368 g/mol. The Morgan fingerprint density at radius 3 is 2.31 bits per heavy atom. The van der Waals surface area contributed by atoms with E-state index in [1.807, 2.05) is 24.3 Å². The minimum Gasteiger partial charge on any atom is -0.301 e. The van der Waals surface area contributed by atoms with Gasteiger partial charge in [-0.3, -0.25) is 9.78 Å². The zero-order valence-electron chi connectivity index (χ0n) is 13.9. The molecule has 1 atom stereocenters. The predicted molar refractivity (Wildman–Crippen MR) is 99.5 cm³/mol. The molecule has 0 aliphatic rings. The van der Waals surface area contributed by atoms with Crippen LogP contribution in [0.4, 0.5) is 10.1 Å². The highest BCUT2D eigenvalue weighted by Crippen LogP contribution is 2.15. The minimum absolute atomic E-state index is 0.105. The molecular formula is C20H17FN2O2S. The summed E-state index contributed by atoms with van der Waals surface area (Å²) in [5.74, 6) is -0.264. The van der Waals surface area contributed by atoms with E-state index in [9.17, 15) is 13.4 Å². The lowest BCUT2D eigenvalue weighted by atomic mass is 10.0. The molecular weight excluding hydrogens is 351 g/mol. The standard InChI is InChI=1S/C20H17FN2O2S/c21-17-5-9-20(10-6-17)26(25)23-18-7-3-15(4-8-18)12-19(24)13-16-2-1-11-22-14-16/h1-11,14,23H,12-13H2. The molecule has 0 aliphatic carbocycles. The minimum atomic E-state index is -1.48. The third kappa shape index (κ3) is 5.07. The van der Waals surface area contributed by atoms with Crippen LogP contribution < -0.4 is 4.72 Å². The van der Waals surface area contributed by atoms with Crippen molar-refractivity contribution in [2.45, 2.75) is 17.7 Å². The molecule has 3 aromatic rings. The van der Waals surface area contributed by atoms with Crippen molar-refractivity contribution in [3.63, 3.8) is 0 Å². The molecule has 2 aromatic carbocycles. The highest BCUT2D eigenvalue weighted by molar-refractivity contribution is 7.86. The Bertz CT molecular complexity index is 897. The summed E-state index contributed by atoms with van der Waals surface area (Å²) >= 11 is 0. The van der Waals surface area contributed by atoms with E-state index in [2.05, 4.69) is 9.71 Å². The molecule has 0 aliphatic heterocycles. The van der Waals surface area contributed by atoms with Crippen LogP contribution in [0, 0.1) is 5.82 Å². The van der Waals surface area contributed by atoms with Gasteiger partial charge in [0.05, 0.1) is 4.90 Å². The number of aromatic nitrogens is 1. The number of anilines is 1. The van der Waals surface area contributed by atoms with Crippen LogP contribution in [-0.4, -0.2) is 15.0 Å². The van der Waals surface area contributed by atoms with Crippen LogP contribution in [0.25, 0.3) is 0 Å². The second-order valence-corrected chi connectivity index (χ2v) is 6.99. The van der Waals surface area contributed by atoms with Crippen LogP contribution in [0.3, 0.4) is 0 Å². The first kappa shape index (κ1) is 17.9. The molecule has 0 bridgehead atoms. The third-order valence-corrected chi connectivity index (χ3v) is 4.84. The van der Waals surface area contributed by atoms with Gasteiger partial charge in [0.25, 0.3) is 0 Å². The molecule has 0 saturated heterocycles. The summed E-state index contributed by atoms with van der Waals surface area (Å²) in [4.78, 5) is 16.6. The van der Waals surface area contributed by atoms with Crippen molar-refractivity contribution < 1.29 is 13.4 Å². The maximum absolute atomic E-state index is 12.9. The Kier molecular flexibility index (Phi) is 5.86. The van der Waals surface area contributed by atoms with Crippen LogP contribution in [0.1, 0.15) is 11.1 Å². The van der Waals surface area contributed by atoms with Gasteiger partial charge < -0.3 is 4.72 Å². The highest BCUT2D eigenvalue weighted by Gasteiger charge is 2.07. The van der Waals surface area contributed by atoms with E-state index in [1.165, 1.54) is 24.3 Å². The summed E-state index contributed by atoms with van der Waals surface area (Å²) in [6, 6.07) is 16.4. The molecule has 1 heterocycles. The molecule has 6 heteroatoms.